The number of anilines is 1. The van der Waals surface area contributed by atoms with E-state index in [9.17, 15) is 24.9 Å². The van der Waals surface area contributed by atoms with E-state index in [0.717, 1.165) is 4.74 Å². The maximum Gasteiger partial charge on any atom is 0.306 e. The number of nitrogens with zero attached hydrogens (tertiary/aromatic N) is 3. The number of non-ortho nitro benzene ring substituents is 1. The number of hydroxylamine groups is 1. The molecule has 2 aromatic carbocycles. The van der Waals surface area contributed by atoms with E-state index in [2.05, 4.69) is 0 Å². The number of nitro benzene ring substituents is 1. The first-order valence-electron chi connectivity index (χ1n) is 9.41. The van der Waals surface area contributed by atoms with Crippen LogP contribution in [0.15, 0.2) is 48.5 Å². The number of para-hydroxylation sites is 1. The zero-order chi connectivity index (χ0) is 22.1. The number of carbonyl (C=O) groups is 2. The minimum atomic E-state index is -0.528. The van der Waals surface area contributed by atoms with Crippen LogP contribution in [0.2, 0.25) is 0 Å². The summed E-state index contributed by atoms with van der Waals surface area (Å²) in [4.78, 5) is 35.8. The van der Waals surface area contributed by atoms with Crippen molar-refractivity contribution >= 4 is 29.5 Å². The summed E-state index contributed by atoms with van der Waals surface area (Å²) < 4.78 is 5.81. The highest BCUT2D eigenvalue weighted by molar-refractivity contribution is 6.07. The van der Waals surface area contributed by atoms with Gasteiger partial charge in [-0.1, -0.05) is 12.1 Å². The van der Waals surface area contributed by atoms with Crippen molar-refractivity contribution in [1.82, 2.24) is 0 Å². The highest BCUT2D eigenvalue weighted by Gasteiger charge is 2.18. The number of nitro groups is 1. The van der Waals surface area contributed by atoms with Gasteiger partial charge in [0.2, 0.25) is 6.21 Å². The number of hydrogen-bond acceptors (Lipinski definition) is 6. The number of carbonyl (C=O) groups excluding carboxylic acids is 2. The summed E-state index contributed by atoms with van der Waals surface area (Å²) in [5, 5.41) is 20.9. The SMILES string of the molecule is CCOC(=O)CCC[N+](O)=Cc1ccccc1N(C)C(=O)c1ccc([N+](=O)[O-])cc1. The zero-order valence-corrected chi connectivity index (χ0v) is 16.9. The van der Waals surface area contributed by atoms with E-state index in [1.54, 1.807) is 38.2 Å². The fourth-order valence-corrected chi connectivity index (χ4v) is 2.77. The molecule has 1 N–H and O–H groups in total. The van der Waals surface area contributed by atoms with Gasteiger partial charge in [-0.25, -0.2) is 0 Å². The van der Waals surface area contributed by atoms with Gasteiger partial charge in [0, 0.05) is 31.2 Å². The lowest BCUT2D eigenvalue weighted by molar-refractivity contribution is -0.771. The first kappa shape index (κ1) is 22.5. The van der Waals surface area contributed by atoms with Gasteiger partial charge in [-0.3, -0.25) is 24.9 Å². The second-order valence-corrected chi connectivity index (χ2v) is 6.43. The minimum Gasteiger partial charge on any atom is -0.466 e. The van der Waals surface area contributed by atoms with Crippen molar-refractivity contribution in [2.24, 2.45) is 0 Å². The van der Waals surface area contributed by atoms with Gasteiger partial charge in [-0.2, -0.15) is 0 Å². The van der Waals surface area contributed by atoms with Gasteiger partial charge in [0.05, 0.1) is 29.2 Å². The predicted octanol–water partition coefficient (Wildman–Crippen LogP) is 3.04. The van der Waals surface area contributed by atoms with Crippen LogP contribution in [-0.2, 0) is 9.53 Å². The minimum absolute atomic E-state index is 0.0957. The first-order valence-corrected chi connectivity index (χ1v) is 9.41. The molecule has 0 radical (unpaired) electrons. The van der Waals surface area contributed by atoms with Crippen LogP contribution >= 0.6 is 0 Å². The van der Waals surface area contributed by atoms with Crippen LogP contribution in [0.25, 0.3) is 0 Å². The Bertz CT molecular complexity index is 940. The van der Waals surface area contributed by atoms with Crippen molar-refractivity contribution in [3.05, 3.63) is 69.8 Å². The number of esters is 1. The van der Waals surface area contributed by atoms with Gasteiger partial charge in [0.25, 0.3) is 11.6 Å². The maximum atomic E-state index is 12.8. The average Bonchev–Trinajstić information content (AvgIpc) is 2.73. The normalized spacial score (nSPS) is 11.1. The summed E-state index contributed by atoms with van der Waals surface area (Å²) in [6.07, 6.45) is 2.07. The summed E-state index contributed by atoms with van der Waals surface area (Å²) in [6, 6.07) is 12.3. The molecule has 0 heterocycles. The Morgan fingerprint density at radius 3 is 2.47 bits per heavy atom. The fourth-order valence-electron chi connectivity index (χ4n) is 2.77. The van der Waals surface area contributed by atoms with Gasteiger partial charge in [-0.05, 0) is 35.9 Å². The summed E-state index contributed by atoms with van der Waals surface area (Å²) in [7, 11) is 1.58. The second-order valence-electron chi connectivity index (χ2n) is 6.43. The lowest BCUT2D eigenvalue weighted by Crippen LogP contribution is -2.27. The van der Waals surface area contributed by atoms with Crippen LogP contribution in [0.5, 0.6) is 0 Å². The molecule has 2 aromatic rings. The highest BCUT2D eigenvalue weighted by atomic mass is 16.6. The van der Waals surface area contributed by atoms with E-state index in [-0.39, 0.29) is 30.5 Å². The van der Waals surface area contributed by atoms with Crippen molar-refractivity contribution in [3.8, 4) is 0 Å². The van der Waals surface area contributed by atoms with Crippen LogP contribution in [0.4, 0.5) is 11.4 Å². The molecule has 9 nitrogen and oxygen atoms in total. The van der Waals surface area contributed by atoms with Gasteiger partial charge >= 0.3 is 5.97 Å². The summed E-state index contributed by atoms with van der Waals surface area (Å²) >= 11 is 0. The summed E-state index contributed by atoms with van der Waals surface area (Å²) in [6.45, 7) is 2.26. The van der Waals surface area contributed by atoms with E-state index in [0.29, 0.717) is 29.8 Å². The van der Waals surface area contributed by atoms with Crippen molar-refractivity contribution < 1.29 is 29.2 Å². The number of benzene rings is 2. The first-order chi connectivity index (χ1) is 14.3. The Kier molecular flexibility index (Phi) is 8.04. The highest BCUT2D eigenvalue weighted by Crippen LogP contribution is 2.21. The summed E-state index contributed by atoms with van der Waals surface area (Å²) in [5.41, 5.74) is 1.34. The Balaban J connectivity index is 2.13. The molecule has 0 aliphatic carbocycles. The molecule has 0 fully saturated rings. The molecule has 1 amide bonds. The molecule has 0 aliphatic rings. The Hall–Kier alpha value is -3.75. The predicted molar refractivity (Wildman–Crippen MR) is 110 cm³/mol. The third-order valence-corrected chi connectivity index (χ3v) is 4.29. The smallest absolute Gasteiger partial charge is 0.306 e. The number of amides is 1. The van der Waals surface area contributed by atoms with Crippen molar-refractivity contribution in [1.29, 1.82) is 0 Å². The molecule has 0 saturated heterocycles. The van der Waals surface area contributed by atoms with Crippen LogP contribution in [-0.4, -0.2) is 53.2 Å². The van der Waals surface area contributed by atoms with E-state index in [1.807, 2.05) is 0 Å². The molecule has 9 heteroatoms. The third-order valence-electron chi connectivity index (χ3n) is 4.29. The standard InChI is InChI=1S/C21H24N3O6/c1-3-30-20(25)9-6-14-23(27)15-17-7-4-5-8-19(17)22(2)21(26)16-10-12-18(13-11-16)24(28)29/h4-5,7-8,10-13,15,27H,3,6,9,14H2,1-2H3/q+1. The molecule has 30 heavy (non-hydrogen) atoms. The molecule has 0 aliphatic heterocycles. The van der Waals surface area contributed by atoms with Gasteiger partial charge in [0.1, 0.15) is 0 Å². The largest absolute Gasteiger partial charge is 0.466 e. The zero-order valence-electron chi connectivity index (χ0n) is 16.9. The molecule has 0 unspecified atom stereocenters. The monoisotopic (exact) mass is 414 g/mol. The van der Waals surface area contributed by atoms with Crippen LogP contribution in [0.1, 0.15) is 35.7 Å². The lowest BCUT2D eigenvalue weighted by Gasteiger charge is -2.18. The van der Waals surface area contributed by atoms with Gasteiger partial charge in [-0.15, -0.1) is 0 Å². The fraction of sp³-hybridized carbons (Fsp3) is 0.286. The third kappa shape index (κ3) is 6.13. The number of ether oxygens (including phenoxy) is 1. The van der Waals surface area contributed by atoms with Crippen LogP contribution < -0.4 is 4.90 Å². The molecule has 0 saturated carbocycles. The maximum absolute atomic E-state index is 12.8. The Labute approximate surface area is 173 Å². The molecular weight excluding hydrogens is 390 g/mol. The van der Waals surface area contributed by atoms with E-state index >= 15 is 0 Å². The van der Waals surface area contributed by atoms with Gasteiger partial charge < -0.3 is 9.64 Å². The van der Waals surface area contributed by atoms with E-state index < -0.39 is 4.92 Å². The van der Waals surface area contributed by atoms with Crippen molar-refractivity contribution in [2.45, 2.75) is 19.8 Å². The Morgan fingerprint density at radius 1 is 1.17 bits per heavy atom. The number of rotatable bonds is 9. The quantitative estimate of drug-likeness (QED) is 0.169. The molecular formula is C21H24N3O6+. The Morgan fingerprint density at radius 2 is 1.83 bits per heavy atom. The molecule has 0 aromatic heterocycles. The molecule has 0 atom stereocenters. The molecule has 0 spiro atoms. The van der Waals surface area contributed by atoms with Crippen molar-refractivity contribution in [2.75, 3.05) is 25.1 Å². The number of hydrogen-bond donors (Lipinski definition) is 1. The van der Waals surface area contributed by atoms with Crippen LogP contribution in [0.3, 0.4) is 0 Å². The second kappa shape index (κ2) is 10.7. The molecule has 0 bridgehead atoms. The van der Waals surface area contributed by atoms with E-state index in [4.69, 9.17) is 4.74 Å². The van der Waals surface area contributed by atoms with Crippen LogP contribution in [0, 0.1) is 10.1 Å². The topological polar surface area (TPSA) is 113 Å². The average molecular weight is 414 g/mol. The molecule has 158 valence electrons. The van der Waals surface area contributed by atoms with E-state index in [1.165, 1.54) is 35.4 Å². The van der Waals surface area contributed by atoms with Gasteiger partial charge in [0.15, 0.2) is 6.54 Å². The lowest BCUT2D eigenvalue weighted by atomic mass is 10.1. The molecule has 2 rings (SSSR count). The summed E-state index contributed by atoms with van der Waals surface area (Å²) in [5.74, 6) is -0.669. The van der Waals surface area contributed by atoms with Crippen molar-refractivity contribution in [3.63, 3.8) is 0 Å².